The highest BCUT2D eigenvalue weighted by Gasteiger charge is 2.35. The van der Waals surface area contributed by atoms with Crippen molar-refractivity contribution in [1.29, 1.82) is 0 Å². The lowest BCUT2D eigenvalue weighted by Crippen LogP contribution is -2.25. The first-order valence-corrected chi connectivity index (χ1v) is 28.2. The fourth-order valence-corrected chi connectivity index (χ4v) is 13.9. The highest BCUT2D eigenvalue weighted by Crippen LogP contribution is 2.53. The van der Waals surface area contributed by atoms with Gasteiger partial charge in [0, 0.05) is 116 Å². The molecule has 0 saturated heterocycles. The van der Waals surface area contributed by atoms with Crippen LogP contribution in [0.2, 0.25) is 0 Å². The van der Waals surface area contributed by atoms with Crippen molar-refractivity contribution in [2.45, 2.75) is 18.3 Å². The van der Waals surface area contributed by atoms with Gasteiger partial charge >= 0.3 is 0 Å². The van der Waals surface area contributed by atoms with Crippen LogP contribution >= 0.6 is 0 Å². The van der Waals surface area contributed by atoms with Crippen LogP contribution in [-0.4, -0.2) is 33.3 Å². The van der Waals surface area contributed by atoms with Crippen LogP contribution in [0.3, 0.4) is 0 Å². The molecule has 3 unspecified atom stereocenters. The molecule has 0 spiro atoms. The minimum atomic E-state index is -0.294. The molecule has 0 fully saturated rings. The number of aromatic amines is 3. The number of allylic oxidation sites excluding steroid dienone is 6. The molecule has 82 heavy (non-hydrogen) atoms. The largest absolute Gasteiger partial charge is 0.481 e. The molecule has 7 nitrogen and oxygen atoms in total. The molecule has 9 aromatic carbocycles. The zero-order chi connectivity index (χ0) is 53.6. The molecular weight excluding hydrogens is 1000 g/mol. The van der Waals surface area contributed by atoms with E-state index in [0.717, 1.165) is 150 Å². The van der Waals surface area contributed by atoms with Gasteiger partial charge in [-0.05, 0) is 126 Å². The third-order valence-corrected chi connectivity index (χ3v) is 17.5. The Bertz CT molecular complexity index is 4610. The van der Waals surface area contributed by atoms with Crippen molar-refractivity contribution in [3.63, 3.8) is 0 Å². The summed E-state index contributed by atoms with van der Waals surface area (Å²) in [5, 5.41) is 7.01. The van der Waals surface area contributed by atoms with Gasteiger partial charge in [0.05, 0.1) is 17.1 Å². The van der Waals surface area contributed by atoms with Crippen LogP contribution in [-0.2, 0) is 0 Å². The summed E-state index contributed by atoms with van der Waals surface area (Å²) in [7, 11) is 0. The molecule has 3 aliphatic heterocycles. The summed E-state index contributed by atoms with van der Waals surface area (Å²) in [5.41, 5.74) is 22.7. The summed E-state index contributed by atoms with van der Waals surface area (Å²) in [5.74, 6) is 2.62. The summed E-state index contributed by atoms with van der Waals surface area (Å²) in [6, 6.07) is 65.1. The summed E-state index contributed by atoms with van der Waals surface area (Å²) in [4.78, 5) is 13.5. The monoisotopic (exact) mass is 1050 g/mol. The summed E-state index contributed by atoms with van der Waals surface area (Å²) in [6.07, 6.45) is 26.0. The molecule has 3 aliphatic carbocycles. The van der Waals surface area contributed by atoms with E-state index in [1.807, 2.05) is 0 Å². The predicted molar refractivity (Wildman–Crippen MR) is 337 cm³/mol. The number of aromatic nitrogens is 3. The number of H-pyrrole nitrogens is 3. The van der Waals surface area contributed by atoms with E-state index < -0.39 is 0 Å². The van der Waals surface area contributed by atoms with Crippen molar-refractivity contribution in [3.8, 4) is 17.2 Å². The van der Waals surface area contributed by atoms with Crippen LogP contribution in [0.1, 0.15) is 33.4 Å². The lowest BCUT2D eigenvalue weighted by molar-refractivity contribution is 0.284. The van der Waals surface area contributed by atoms with Crippen LogP contribution in [0.15, 0.2) is 253 Å². The van der Waals surface area contributed by atoms with Crippen LogP contribution in [0, 0.1) is 0 Å². The van der Waals surface area contributed by atoms with Gasteiger partial charge in [0.25, 0.3) is 0 Å². The first-order chi connectivity index (χ1) is 40.6. The minimum Gasteiger partial charge on any atom is -0.481 e. The Morgan fingerprint density at radius 1 is 0.305 bits per heavy atom. The maximum Gasteiger partial charge on any atom is 0.143 e. The van der Waals surface area contributed by atoms with Crippen LogP contribution in [0.5, 0.6) is 17.2 Å². The fraction of sp³-hybridized carbons (Fsp3) is 0.0400. The number of hydrogen-bond acceptors (Lipinski definition) is 4. The molecule has 0 saturated carbocycles. The summed E-state index contributed by atoms with van der Waals surface area (Å²) < 4.78 is 21.1. The maximum absolute atomic E-state index is 7.03. The van der Waals surface area contributed by atoms with Crippen molar-refractivity contribution in [2.24, 2.45) is 0 Å². The average molecular weight is 1050 g/mol. The second kappa shape index (κ2) is 17.4. The Morgan fingerprint density at radius 3 is 0.951 bits per heavy atom. The minimum absolute atomic E-state index is 0.294. The molecule has 6 aliphatic rings. The van der Waals surface area contributed by atoms with Gasteiger partial charge in [0.2, 0.25) is 0 Å². The van der Waals surface area contributed by atoms with E-state index in [1.54, 1.807) is 0 Å². The predicted octanol–water partition coefficient (Wildman–Crippen LogP) is 18.5. The van der Waals surface area contributed by atoms with E-state index >= 15 is 0 Å². The Morgan fingerprint density at radius 2 is 0.610 bits per heavy atom. The van der Waals surface area contributed by atoms with Gasteiger partial charge in [0.1, 0.15) is 35.6 Å². The summed E-state index contributed by atoms with van der Waals surface area (Å²) >= 11 is 0. The Balaban J connectivity index is 0.854. The second-order valence-electron chi connectivity index (χ2n) is 21.9. The van der Waals surface area contributed by atoms with Gasteiger partial charge in [0.15, 0.2) is 0 Å². The van der Waals surface area contributed by atoms with Gasteiger partial charge in [-0.25, -0.2) is 0 Å². The third kappa shape index (κ3) is 6.65. The quantitative estimate of drug-likeness (QED) is 0.155. The zero-order valence-corrected chi connectivity index (χ0v) is 44.2. The molecular formula is C75H48N4O3. The summed E-state index contributed by atoms with van der Waals surface area (Å²) in [6.45, 7) is 0. The number of benzene rings is 9. The topological polar surface area (TPSA) is 78.3 Å². The molecule has 0 bridgehead atoms. The maximum atomic E-state index is 7.03. The molecule has 0 radical (unpaired) electrons. The third-order valence-electron chi connectivity index (χ3n) is 17.5. The number of hydrogen-bond donors (Lipinski definition) is 3. The second-order valence-corrected chi connectivity index (χ2v) is 21.9. The van der Waals surface area contributed by atoms with Crippen molar-refractivity contribution in [3.05, 3.63) is 287 Å². The Labute approximate surface area is 471 Å². The molecule has 18 rings (SSSR count). The van der Waals surface area contributed by atoms with Gasteiger partial charge < -0.3 is 34.1 Å². The van der Waals surface area contributed by atoms with E-state index in [9.17, 15) is 0 Å². The van der Waals surface area contributed by atoms with E-state index in [-0.39, 0.29) is 18.3 Å². The van der Waals surface area contributed by atoms with Crippen molar-refractivity contribution < 1.29 is 14.2 Å². The van der Waals surface area contributed by atoms with Crippen LogP contribution in [0.25, 0.3) is 100 Å². The number of ether oxygens (including phenoxy) is 3. The zero-order valence-electron chi connectivity index (χ0n) is 44.2. The van der Waals surface area contributed by atoms with E-state index in [0.29, 0.717) is 0 Å². The highest BCUT2D eigenvalue weighted by molar-refractivity contribution is 6.16. The average Bonchev–Trinajstić information content (AvgIpc) is 4.33. The van der Waals surface area contributed by atoms with Crippen LogP contribution in [0.4, 0.5) is 17.1 Å². The lowest BCUT2D eigenvalue weighted by atomic mass is 9.83. The molecule has 0 amide bonds. The standard InChI is InChI=1S/C75H48N4O3/c1-7-25-58-49(19-1)73-55-40-52-43(22-13-31-67(52)80-70(55)37-34-61(73)76-58)46-16-4-10-28-64(46)79(65-29-11-5-17-47(65)44-23-14-32-68-53(44)41-56-71(81-68)38-35-62-74(56)50-20-2-8-26-59(50)77-62)66-30-12-6-18-48(66)45-24-15-33-69-54(45)42-57-72(82-69)39-36-63-75(57)51-21-3-9-27-60(51)78-63/h1-42,67-69,76-78H. The van der Waals surface area contributed by atoms with Gasteiger partial charge in [-0.3, -0.25) is 0 Å². The van der Waals surface area contributed by atoms with Crippen molar-refractivity contribution in [1.82, 2.24) is 15.0 Å². The SMILES string of the molecule is C1=CC2Oc3ccc4[nH]c5ccccc5c4c3C=C2C(c2ccccc2N(c2ccccc2C2=CC=CC3Oc4ccc5[nH]c6ccccc6c5c4C=C23)c2ccccc2C2=CC=CC3Oc4ccc5[nH]c6ccccc6c5c4C=C23)=C1. The number of nitrogens with zero attached hydrogens (tertiary/aromatic N) is 1. The van der Waals surface area contributed by atoms with Gasteiger partial charge in [-0.1, -0.05) is 146 Å². The lowest BCUT2D eigenvalue weighted by Gasteiger charge is -2.36. The number of nitrogens with one attached hydrogen (secondary N) is 3. The normalized spacial score (nSPS) is 18.2. The van der Waals surface area contributed by atoms with Crippen molar-refractivity contribution in [2.75, 3.05) is 4.90 Å². The highest BCUT2D eigenvalue weighted by atomic mass is 16.5. The molecule has 3 atom stereocenters. The van der Waals surface area contributed by atoms with Crippen molar-refractivity contribution >= 4 is 117 Å². The molecule has 3 N–H and O–H groups in total. The van der Waals surface area contributed by atoms with E-state index in [4.69, 9.17) is 14.2 Å². The molecule has 7 heteroatoms. The van der Waals surface area contributed by atoms with Crippen LogP contribution < -0.4 is 19.1 Å². The van der Waals surface area contributed by atoms with Gasteiger partial charge in [-0.15, -0.1) is 0 Å². The smallest absolute Gasteiger partial charge is 0.143 e. The Hall–Kier alpha value is -10.8. The molecule has 12 aromatic rings. The van der Waals surface area contributed by atoms with Gasteiger partial charge in [-0.2, -0.15) is 0 Å². The first-order valence-electron chi connectivity index (χ1n) is 28.2. The number of rotatable bonds is 6. The molecule has 6 heterocycles. The van der Waals surface area contributed by atoms with E-state index in [1.165, 1.54) is 16.2 Å². The molecule has 3 aromatic heterocycles. The first kappa shape index (κ1) is 45.1. The van der Waals surface area contributed by atoms with E-state index in [2.05, 4.69) is 275 Å². The molecule has 386 valence electrons. The number of para-hydroxylation sites is 6. The number of anilines is 3. The Kier molecular flexibility index (Phi) is 9.56. The fourth-order valence-electron chi connectivity index (χ4n) is 13.9. The number of fused-ring (bicyclic) bond motifs is 18.